The van der Waals surface area contributed by atoms with Crippen LogP contribution in [0.15, 0.2) is 36.9 Å². The van der Waals surface area contributed by atoms with Gasteiger partial charge in [-0.15, -0.1) is 13.0 Å². The molecule has 0 bridgehead atoms. The van der Waals surface area contributed by atoms with Gasteiger partial charge in [-0.1, -0.05) is 30.2 Å². The van der Waals surface area contributed by atoms with Crippen LogP contribution in [0.25, 0.3) is 0 Å². The Morgan fingerprint density at radius 1 is 1.19 bits per heavy atom. The number of hydrogen-bond donors (Lipinski definition) is 2. The Balaban J connectivity index is 3.34. The van der Waals surface area contributed by atoms with Crippen LogP contribution in [0.4, 0.5) is 4.79 Å². The summed E-state index contributed by atoms with van der Waals surface area (Å²) < 4.78 is 5.23. The molecule has 0 heterocycles. The van der Waals surface area contributed by atoms with Crippen molar-refractivity contribution < 1.29 is 19.1 Å². The highest BCUT2D eigenvalue weighted by Crippen LogP contribution is 2.25. The number of nitrogens with one attached hydrogen (secondary N) is 2. The third-order valence-electron chi connectivity index (χ3n) is 4.11. The highest BCUT2D eigenvalue weighted by atomic mass is 16.6. The molecule has 0 fully saturated rings. The lowest BCUT2D eigenvalue weighted by Gasteiger charge is -2.33. The van der Waals surface area contributed by atoms with E-state index in [1.807, 2.05) is 13.8 Å². The molecule has 168 valence electrons. The lowest BCUT2D eigenvalue weighted by Crippen LogP contribution is -2.52. The zero-order chi connectivity index (χ0) is 23.8. The number of amides is 3. The molecule has 2 unspecified atom stereocenters. The molecule has 7 heteroatoms. The molecule has 1 aromatic rings. The lowest BCUT2D eigenvalue weighted by molar-refractivity contribution is -0.141. The quantitative estimate of drug-likeness (QED) is 0.493. The molecule has 0 saturated carbocycles. The minimum Gasteiger partial charge on any atom is -0.444 e. The molecule has 1 rings (SSSR count). The number of rotatable bonds is 8. The molecule has 2 atom stereocenters. The summed E-state index contributed by atoms with van der Waals surface area (Å²) in [7, 11) is 0. The van der Waals surface area contributed by atoms with Crippen molar-refractivity contribution in [3.63, 3.8) is 0 Å². The molecule has 31 heavy (non-hydrogen) atoms. The first-order valence-electron chi connectivity index (χ1n) is 10.2. The fourth-order valence-electron chi connectivity index (χ4n) is 2.94. The van der Waals surface area contributed by atoms with E-state index in [4.69, 9.17) is 11.2 Å². The number of hydrogen-bond acceptors (Lipinski definition) is 4. The average molecular weight is 428 g/mol. The number of terminal acetylenes is 1. The van der Waals surface area contributed by atoms with E-state index in [0.29, 0.717) is 11.1 Å². The number of carbonyl (C=O) groups excluding carboxylic acids is 3. The largest absolute Gasteiger partial charge is 0.444 e. The van der Waals surface area contributed by atoms with E-state index in [1.165, 1.54) is 17.9 Å². The summed E-state index contributed by atoms with van der Waals surface area (Å²) >= 11 is 0. The molecule has 0 aliphatic heterocycles. The summed E-state index contributed by atoms with van der Waals surface area (Å²) in [6.45, 7) is 14.2. The SMILES string of the molecule is C#Cc1ccccc1C(C(=O)NC(C)C)N(CC=C)C(=O)C(C)NC(=O)OC(C)(C)C. The van der Waals surface area contributed by atoms with Crippen molar-refractivity contribution in [2.24, 2.45) is 0 Å². The third-order valence-corrected chi connectivity index (χ3v) is 4.11. The van der Waals surface area contributed by atoms with Crippen LogP contribution < -0.4 is 10.6 Å². The van der Waals surface area contributed by atoms with Crippen LogP contribution in [0.1, 0.15) is 58.7 Å². The number of nitrogens with zero attached hydrogens (tertiary/aromatic N) is 1. The first kappa shape index (κ1) is 25.8. The number of benzene rings is 1. The Morgan fingerprint density at radius 2 is 1.81 bits per heavy atom. The van der Waals surface area contributed by atoms with E-state index >= 15 is 0 Å². The molecule has 0 spiro atoms. The highest BCUT2D eigenvalue weighted by molar-refractivity contribution is 5.92. The minimum absolute atomic E-state index is 0.0776. The van der Waals surface area contributed by atoms with Crippen molar-refractivity contribution in [2.45, 2.75) is 65.3 Å². The van der Waals surface area contributed by atoms with Gasteiger partial charge in [0, 0.05) is 18.2 Å². The van der Waals surface area contributed by atoms with Crippen LogP contribution in [-0.4, -0.2) is 47.0 Å². The summed E-state index contributed by atoms with van der Waals surface area (Å²) in [6, 6.07) is 4.86. The fraction of sp³-hybridized carbons (Fsp3) is 0.458. The molecule has 0 radical (unpaired) electrons. The number of alkyl carbamates (subject to hydrolysis) is 1. The predicted molar refractivity (Wildman–Crippen MR) is 121 cm³/mol. The van der Waals surface area contributed by atoms with Crippen molar-refractivity contribution in [1.82, 2.24) is 15.5 Å². The first-order chi connectivity index (χ1) is 14.4. The van der Waals surface area contributed by atoms with Gasteiger partial charge in [0.15, 0.2) is 0 Å². The van der Waals surface area contributed by atoms with Gasteiger partial charge in [0.25, 0.3) is 0 Å². The Bertz CT molecular complexity index is 849. The number of carbonyl (C=O) groups is 3. The van der Waals surface area contributed by atoms with E-state index in [0.717, 1.165) is 0 Å². The second kappa shape index (κ2) is 11.2. The van der Waals surface area contributed by atoms with Gasteiger partial charge in [0.2, 0.25) is 11.8 Å². The molecule has 1 aromatic carbocycles. The summed E-state index contributed by atoms with van der Waals surface area (Å²) in [6.07, 6.45) is 6.44. The maximum Gasteiger partial charge on any atom is 0.408 e. The van der Waals surface area contributed by atoms with Crippen LogP contribution in [0.2, 0.25) is 0 Å². The van der Waals surface area contributed by atoms with Crippen LogP contribution >= 0.6 is 0 Å². The zero-order valence-electron chi connectivity index (χ0n) is 19.2. The van der Waals surface area contributed by atoms with E-state index in [-0.39, 0.29) is 18.5 Å². The smallest absolute Gasteiger partial charge is 0.408 e. The van der Waals surface area contributed by atoms with E-state index in [1.54, 1.807) is 45.0 Å². The van der Waals surface area contributed by atoms with Gasteiger partial charge in [-0.05, 0) is 53.2 Å². The normalized spacial score (nSPS) is 12.8. The van der Waals surface area contributed by atoms with Crippen molar-refractivity contribution in [1.29, 1.82) is 0 Å². The Hall–Kier alpha value is -3.27. The van der Waals surface area contributed by atoms with Gasteiger partial charge < -0.3 is 20.3 Å². The van der Waals surface area contributed by atoms with Gasteiger partial charge in [0.05, 0.1) is 0 Å². The van der Waals surface area contributed by atoms with Gasteiger partial charge in [-0.3, -0.25) is 9.59 Å². The Labute approximate surface area is 185 Å². The summed E-state index contributed by atoms with van der Waals surface area (Å²) in [5.74, 6) is 1.73. The molecule has 3 amide bonds. The maximum absolute atomic E-state index is 13.3. The van der Waals surface area contributed by atoms with Crippen LogP contribution in [0.3, 0.4) is 0 Å². The monoisotopic (exact) mass is 427 g/mol. The van der Waals surface area contributed by atoms with Gasteiger partial charge >= 0.3 is 6.09 Å². The van der Waals surface area contributed by atoms with E-state index in [9.17, 15) is 14.4 Å². The zero-order valence-corrected chi connectivity index (χ0v) is 19.2. The topological polar surface area (TPSA) is 87.7 Å². The molecular formula is C24H33N3O4. The van der Waals surface area contributed by atoms with Crippen molar-refractivity contribution >= 4 is 17.9 Å². The molecule has 7 nitrogen and oxygen atoms in total. The second-order valence-electron chi connectivity index (χ2n) is 8.44. The number of ether oxygens (including phenoxy) is 1. The molecule has 0 saturated heterocycles. The third kappa shape index (κ3) is 7.82. The summed E-state index contributed by atoms with van der Waals surface area (Å²) in [5, 5.41) is 5.38. The van der Waals surface area contributed by atoms with Gasteiger partial charge in [0.1, 0.15) is 17.7 Å². The van der Waals surface area contributed by atoms with Crippen LogP contribution in [0.5, 0.6) is 0 Å². The van der Waals surface area contributed by atoms with Gasteiger partial charge in [-0.25, -0.2) is 4.79 Å². The average Bonchev–Trinajstić information content (AvgIpc) is 2.65. The predicted octanol–water partition coefficient (Wildman–Crippen LogP) is 3.16. The fourth-order valence-corrected chi connectivity index (χ4v) is 2.94. The van der Waals surface area contributed by atoms with Crippen LogP contribution in [-0.2, 0) is 14.3 Å². The highest BCUT2D eigenvalue weighted by Gasteiger charge is 2.35. The second-order valence-corrected chi connectivity index (χ2v) is 8.44. The van der Waals surface area contributed by atoms with Crippen LogP contribution in [0, 0.1) is 12.3 Å². The molecule has 2 N–H and O–H groups in total. The minimum atomic E-state index is -0.997. The van der Waals surface area contributed by atoms with Crippen molar-refractivity contribution in [3.05, 3.63) is 48.0 Å². The summed E-state index contributed by atoms with van der Waals surface area (Å²) in [5.41, 5.74) is 0.308. The molecule has 0 aliphatic carbocycles. The molecule has 0 aromatic heterocycles. The lowest BCUT2D eigenvalue weighted by atomic mass is 9.97. The molecule has 0 aliphatic rings. The Morgan fingerprint density at radius 3 is 2.32 bits per heavy atom. The Kier molecular flexibility index (Phi) is 9.32. The standard InChI is InChI=1S/C24H33N3O4/c1-9-15-27(22(29)17(5)26-23(30)31-24(6,7)8)20(21(28)25-16(3)4)19-14-12-11-13-18(19)10-2/h2,9,11-14,16-17,20H,1,15H2,3-8H3,(H,25,28)(H,26,30). The van der Waals surface area contributed by atoms with E-state index < -0.39 is 29.7 Å². The summed E-state index contributed by atoms with van der Waals surface area (Å²) in [4.78, 5) is 40.0. The van der Waals surface area contributed by atoms with E-state index in [2.05, 4.69) is 23.1 Å². The maximum atomic E-state index is 13.3. The molecular weight excluding hydrogens is 394 g/mol. The first-order valence-corrected chi connectivity index (χ1v) is 10.2. The van der Waals surface area contributed by atoms with Gasteiger partial charge in [-0.2, -0.15) is 0 Å². The van der Waals surface area contributed by atoms with Crippen molar-refractivity contribution in [3.8, 4) is 12.3 Å². The van der Waals surface area contributed by atoms with Crippen molar-refractivity contribution in [2.75, 3.05) is 6.54 Å².